The van der Waals surface area contributed by atoms with Gasteiger partial charge in [-0.05, 0) is 19.3 Å². The van der Waals surface area contributed by atoms with Gasteiger partial charge in [0.1, 0.15) is 0 Å². The lowest BCUT2D eigenvalue weighted by atomic mass is 9.86. The molecule has 2 unspecified atom stereocenters. The van der Waals surface area contributed by atoms with E-state index in [2.05, 4.69) is 4.99 Å². The van der Waals surface area contributed by atoms with Crippen LogP contribution in [0, 0.1) is 5.92 Å². The van der Waals surface area contributed by atoms with Crippen LogP contribution in [0.15, 0.2) is 16.6 Å². The number of carbonyl (C=O) groups excluding carboxylic acids is 1. The number of rotatable bonds is 1. The SMILES string of the molecule is Cl.Cn1ccsc1=NC(=O)C1CCCC(N)C1. The number of hydrogen-bond acceptors (Lipinski definition) is 3. The van der Waals surface area contributed by atoms with Crippen molar-refractivity contribution in [3.05, 3.63) is 16.4 Å². The summed E-state index contributed by atoms with van der Waals surface area (Å²) >= 11 is 1.49. The zero-order valence-electron chi connectivity index (χ0n) is 9.83. The van der Waals surface area contributed by atoms with Gasteiger partial charge in [-0.3, -0.25) is 4.79 Å². The fourth-order valence-electron chi connectivity index (χ4n) is 2.07. The lowest BCUT2D eigenvalue weighted by Gasteiger charge is -2.23. The van der Waals surface area contributed by atoms with Crippen molar-refractivity contribution in [2.24, 2.45) is 23.7 Å². The first-order valence-electron chi connectivity index (χ1n) is 5.61. The summed E-state index contributed by atoms with van der Waals surface area (Å²) < 4.78 is 1.87. The molecule has 4 nitrogen and oxygen atoms in total. The van der Waals surface area contributed by atoms with E-state index in [0.29, 0.717) is 0 Å². The van der Waals surface area contributed by atoms with E-state index in [-0.39, 0.29) is 30.3 Å². The molecule has 1 aromatic heterocycles. The highest BCUT2D eigenvalue weighted by Crippen LogP contribution is 2.23. The van der Waals surface area contributed by atoms with Gasteiger partial charge in [0.05, 0.1) is 0 Å². The predicted octanol–water partition coefficient (Wildman–Crippen LogP) is 1.45. The Bertz CT molecular complexity index is 440. The molecule has 1 heterocycles. The smallest absolute Gasteiger partial charge is 0.251 e. The minimum Gasteiger partial charge on any atom is -0.328 e. The quantitative estimate of drug-likeness (QED) is 0.843. The zero-order chi connectivity index (χ0) is 11.5. The first-order valence-corrected chi connectivity index (χ1v) is 6.49. The lowest BCUT2D eigenvalue weighted by Crippen LogP contribution is -2.31. The molecule has 6 heteroatoms. The molecule has 2 rings (SSSR count). The average Bonchev–Trinajstić information content (AvgIpc) is 2.64. The maximum atomic E-state index is 11.9. The van der Waals surface area contributed by atoms with Gasteiger partial charge in [0.25, 0.3) is 5.91 Å². The number of halogens is 1. The Labute approximate surface area is 111 Å². The second-order valence-electron chi connectivity index (χ2n) is 4.37. The predicted molar refractivity (Wildman–Crippen MR) is 71.0 cm³/mol. The maximum Gasteiger partial charge on any atom is 0.251 e. The standard InChI is InChI=1S/C11H17N3OS.ClH/c1-14-5-6-16-11(14)13-10(15)8-3-2-4-9(12)7-8;/h5-6,8-9H,2-4,7,12H2,1H3;1H. The van der Waals surface area contributed by atoms with Crippen molar-refractivity contribution in [2.45, 2.75) is 31.7 Å². The van der Waals surface area contributed by atoms with Crippen LogP contribution in [0.4, 0.5) is 0 Å². The molecule has 0 saturated heterocycles. The second-order valence-corrected chi connectivity index (χ2v) is 5.24. The molecule has 17 heavy (non-hydrogen) atoms. The third-order valence-electron chi connectivity index (χ3n) is 3.03. The Kier molecular flexibility index (Phi) is 5.36. The summed E-state index contributed by atoms with van der Waals surface area (Å²) in [4.78, 5) is 16.9. The molecule has 1 amide bonds. The third kappa shape index (κ3) is 3.66. The zero-order valence-corrected chi connectivity index (χ0v) is 11.5. The fourth-order valence-corrected chi connectivity index (χ4v) is 2.81. The van der Waals surface area contributed by atoms with E-state index in [9.17, 15) is 4.79 Å². The van der Waals surface area contributed by atoms with Gasteiger partial charge < -0.3 is 10.3 Å². The Morgan fingerprint density at radius 2 is 2.35 bits per heavy atom. The number of hydrogen-bond donors (Lipinski definition) is 1. The largest absolute Gasteiger partial charge is 0.328 e. The van der Waals surface area contributed by atoms with Crippen molar-refractivity contribution in [3.63, 3.8) is 0 Å². The van der Waals surface area contributed by atoms with Crippen LogP contribution in [0.1, 0.15) is 25.7 Å². The van der Waals surface area contributed by atoms with Gasteiger partial charge in [-0.25, -0.2) is 0 Å². The van der Waals surface area contributed by atoms with Gasteiger partial charge in [0.2, 0.25) is 0 Å². The van der Waals surface area contributed by atoms with E-state index in [0.717, 1.165) is 30.5 Å². The molecule has 0 spiro atoms. The normalized spacial score (nSPS) is 25.4. The van der Waals surface area contributed by atoms with Crippen LogP contribution in [0.5, 0.6) is 0 Å². The molecule has 1 aliphatic rings. The van der Waals surface area contributed by atoms with Gasteiger partial charge >= 0.3 is 0 Å². The molecular formula is C11H18ClN3OS. The Hall–Kier alpha value is -0.650. The van der Waals surface area contributed by atoms with Crippen molar-refractivity contribution >= 4 is 29.7 Å². The highest BCUT2D eigenvalue weighted by Gasteiger charge is 2.24. The summed E-state index contributed by atoms with van der Waals surface area (Å²) in [5, 5.41) is 1.93. The van der Waals surface area contributed by atoms with Gasteiger partial charge in [0, 0.05) is 30.6 Å². The molecule has 1 aliphatic carbocycles. The van der Waals surface area contributed by atoms with Crippen LogP contribution in [0.2, 0.25) is 0 Å². The summed E-state index contributed by atoms with van der Waals surface area (Å²) in [6.07, 6.45) is 5.71. The summed E-state index contributed by atoms with van der Waals surface area (Å²) in [5.74, 6) is 0.0269. The number of nitrogens with two attached hydrogens (primary N) is 1. The van der Waals surface area contributed by atoms with Crippen LogP contribution in [-0.4, -0.2) is 16.5 Å². The molecule has 2 N–H and O–H groups in total. The van der Waals surface area contributed by atoms with Gasteiger partial charge in [0.15, 0.2) is 4.80 Å². The number of thiazole rings is 1. The summed E-state index contributed by atoms with van der Waals surface area (Å²) in [5.41, 5.74) is 5.87. The Morgan fingerprint density at radius 1 is 1.59 bits per heavy atom. The highest BCUT2D eigenvalue weighted by atomic mass is 35.5. The minimum absolute atomic E-state index is 0. The van der Waals surface area contributed by atoms with Crippen molar-refractivity contribution in [1.29, 1.82) is 0 Å². The average molecular weight is 276 g/mol. The molecule has 0 aromatic carbocycles. The molecule has 0 aliphatic heterocycles. The van der Waals surface area contributed by atoms with Crippen LogP contribution in [-0.2, 0) is 11.8 Å². The van der Waals surface area contributed by atoms with E-state index in [1.807, 2.05) is 23.2 Å². The summed E-state index contributed by atoms with van der Waals surface area (Å²) in [7, 11) is 1.90. The van der Waals surface area contributed by atoms with Crippen LogP contribution >= 0.6 is 23.7 Å². The van der Waals surface area contributed by atoms with E-state index < -0.39 is 0 Å². The highest BCUT2D eigenvalue weighted by molar-refractivity contribution is 7.07. The number of carbonyl (C=O) groups is 1. The van der Waals surface area contributed by atoms with E-state index >= 15 is 0 Å². The molecule has 96 valence electrons. The molecule has 1 fully saturated rings. The number of aryl methyl sites for hydroxylation is 1. The molecule has 2 atom stereocenters. The molecule has 0 bridgehead atoms. The van der Waals surface area contributed by atoms with Crippen molar-refractivity contribution < 1.29 is 4.79 Å². The monoisotopic (exact) mass is 275 g/mol. The van der Waals surface area contributed by atoms with Gasteiger partial charge in [-0.1, -0.05) is 6.42 Å². The summed E-state index contributed by atoms with van der Waals surface area (Å²) in [6, 6.07) is 0.176. The minimum atomic E-state index is -0.00630. The fraction of sp³-hybridized carbons (Fsp3) is 0.636. The van der Waals surface area contributed by atoms with Crippen LogP contribution in [0.25, 0.3) is 0 Å². The van der Waals surface area contributed by atoms with E-state index in [1.165, 1.54) is 11.3 Å². The van der Waals surface area contributed by atoms with Crippen molar-refractivity contribution in [3.8, 4) is 0 Å². The molecule has 1 saturated carbocycles. The number of aromatic nitrogens is 1. The topological polar surface area (TPSA) is 60.4 Å². The molecular weight excluding hydrogens is 258 g/mol. The first-order chi connectivity index (χ1) is 7.66. The summed E-state index contributed by atoms with van der Waals surface area (Å²) in [6.45, 7) is 0. The Balaban J connectivity index is 0.00000144. The van der Waals surface area contributed by atoms with Crippen LogP contribution in [0.3, 0.4) is 0 Å². The molecule has 0 radical (unpaired) electrons. The third-order valence-corrected chi connectivity index (χ3v) is 3.88. The number of nitrogens with zero attached hydrogens (tertiary/aromatic N) is 2. The second kappa shape index (κ2) is 6.33. The van der Waals surface area contributed by atoms with Gasteiger partial charge in [-0.15, -0.1) is 23.7 Å². The number of amides is 1. The van der Waals surface area contributed by atoms with Crippen LogP contribution < -0.4 is 10.5 Å². The van der Waals surface area contributed by atoms with Crippen molar-refractivity contribution in [1.82, 2.24) is 4.57 Å². The Morgan fingerprint density at radius 3 is 2.94 bits per heavy atom. The van der Waals surface area contributed by atoms with Gasteiger partial charge in [-0.2, -0.15) is 4.99 Å². The molecule has 1 aromatic rings. The lowest BCUT2D eigenvalue weighted by molar-refractivity contribution is -0.122. The first kappa shape index (κ1) is 14.4. The maximum absolute atomic E-state index is 11.9. The van der Waals surface area contributed by atoms with E-state index in [1.54, 1.807) is 0 Å². The van der Waals surface area contributed by atoms with Crippen molar-refractivity contribution in [2.75, 3.05) is 0 Å². The van der Waals surface area contributed by atoms with E-state index in [4.69, 9.17) is 5.73 Å².